The number of carbonyl (C=O) groups is 1. The second kappa shape index (κ2) is 9.90. The van der Waals surface area contributed by atoms with Gasteiger partial charge in [0.05, 0.1) is 18.8 Å². The first kappa shape index (κ1) is 24.3. The maximum Gasteiger partial charge on any atom is 0.320 e. The van der Waals surface area contributed by atoms with E-state index < -0.39 is 0 Å². The molecule has 0 bridgehead atoms. The van der Waals surface area contributed by atoms with Crippen molar-refractivity contribution in [2.45, 2.75) is 103 Å². The first-order chi connectivity index (χ1) is 13.5. The molecule has 1 unspecified atom stereocenters. The third kappa shape index (κ3) is 6.51. The number of allylic oxidation sites excluding steroid dienone is 1. The van der Waals surface area contributed by atoms with Gasteiger partial charge in [-0.25, -0.2) is 0 Å². The molecule has 0 aromatic rings. The van der Waals surface area contributed by atoms with E-state index in [4.69, 9.17) is 18.9 Å². The van der Waals surface area contributed by atoms with Crippen molar-refractivity contribution in [3.63, 3.8) is 0 Å². The minimum Gasteiger partial charge on any atom is -0.459 e. The Hall–Kier alpha value is -0.950. The highest BCUT2D eigenvalue weighted by Crippen LogP contribution is 2.52. The number of nitrogens with one attached hydrogen (secondary N) is 1. The molecule has 6 atom stereocenters. The van der Waals surface area contributed by atoms with Gasteiger partial charge in [0.2, 0.25) is 0 Å². The number of carbonyl (C=O) groups excluding carboxylic acids is 1. The standard InChI is InChI=1S/C23H41NO5/c1-9-27-16-11-12-17(28-19(25)14-24-22(4,5)6)21(26-8)20(16)23(7)18(29-23)13-10-15(2)3/h10,16-18,20-21,24H,9,11-14H2,1-8H3/t16-,17-,18?,20-,21-,23+/m1/s1. The van der Waals surface area contributed by atoms with Crippen molar-refractivity contribution in [2.75, 3.05) is 20.3 Å². The highest BCUT2D eigenvalue weighted by molar-refractivity contribution is 5.72. The Labute approximate surface area is 176 Å². The smallest absolute Gasteiger partial charge is 0.320 e. The van der Waals surface area contributed by atoms with E-state index in [0.717, 1.165) is 19.3 Å². The first-order valence-corrected chi connectivity index (χ1v) is 10.9. The van der Waals surface area contributed by atoms with Crippen molar-refractivity contribution in [3.05, 3.63) is 11.6 Å². The normalized spacial score (nSPS) is 34.6. The van der Waals surface area contributed by atoms with Crippen LogP contribution in [-0.2, 0) is 23.7 Å². The van der Waals surface area contributed by atoms with Crippen LogP contribution in [0.15, 0.2) is 11.6 Å². The van der Waals surface area contributed by atoms with E-state index in [1.807, 2.05) is 27.7 Å². The topological polar surface area (TPSA) is 69.3 Å². The van der Waals surface area contributed by atoms with Crippen LogP contribution < -0.4 is 5.32 Å². The Morgan fingerprint density at radius 2 is 1.90 bits per heavy atom. The van der Waals surface area contributed by atoms with Crippen LogP contribution in [-0.4, -0.2) is 61.8 Å². The fourth-order valence-corrected chi connectivity index (χ4v) is 4.37. The fourth-order valence-electron chi connectivity index (χ4n) is 4.37. The minimum atomic E-state index is -0.332. The molecule has 2 rings (SSSR count). The van der Waals surface area contributed by atoms with E-state index >= 15 is 0 Å². The van der Waals surface area contributed by atoms with Crippen molar-refractivity contribution >= 4 is 5.97 Å². The van der Waals surface area contributed by atoms with Gasteiger partial charge in [0.1, 0.15) is 17.8 Å². The molecule has 2 fully saturated rings. The number of rotatable bonds is 9. The Bertz CT molecular complexity index is 580. The largest absolute Gasteiger partial charge is 0.459 e. The molecule has 6 heteroatoms. The SMILES string of the molecule is CCO[C@@H]1CC[C@@H](OC(=O)CNC(C)(C)C)[C@@H](OC)[C@@H]1[C@@]1(C)OC1CC=C(C)C. The second-order valence-corrected chi connectivity index (χ2v) is 9.74. The van der Waals surface area contributed by atoms with Crippen molar-refractivity contribution in [1.82, 2.24) is 5.32 Å². The van der Waals surface area contributed by atoms with E-state index in [2.05, 4.69) is 32.2 Å². The number of methoxy groups -OCH3 is 1. The van der Waals surface area contributed by atoms with Gasteiger partial charge >= 0.3 is 5.97 Å². The average Bonchev–Trinajstić information content (AvgIpc) is 3.29. The lowest BCUT2D eigenvalue weighted by molar-refractivity contribution is -0.180. The summed E-state index contributed by atoms with van der Waals surface area (Å²) in [5.41, 5.74) is 0.818. The van der Waals surface area contributed by atoms with Crippen LogP contribution in [0.3, 0.4) is 0 Å². The lowest BCUT2D eigenvalue weighted by Crippen LogP contribution is -2.55. The first-order valence-electron chi connectivity index (χ1n) is 10.9. The summed E-state index contributed by atoms with van der Waals surface area (Å²) in [7, 11) is 1.69. The summed E-state index contributed by atoms with van der Waals surface area (Å²) in [6.07, 6.45) is 4.29. The molecule has 29 heavy (non-hydrogen) atoms. The molecule has 1 aliphatic carbocycles. The predicted molar refractivity (Wildman–Crippen MR) is 114 cm³/mol. The zero-order chi connectivity index (χ0) is 21.8. The second-order valence-electron chi connectivity index (χ2n) is 9.74. The average molecular weight is 412 g/mol. The van der Waals surface area contributed by atoms with Gasteiger partial charge in [0.25, 0.3) is 0 Å². The number of epoxide rings is 1. The number of esters is 1. The molecule has 1 aliphatic heterocycles. The summed E-state index contributed by atoms with van der Waals surface area (Å²) in [6, 6.07) is 0. The molecular formula is C23H41NO5. The van der Waals surface area contributed by atoms with E-state index in [1.165, 1.54) is 5.57 Å². The maximum atomic E-state index is 12.4. The van der Waals surface area contributed by atoms with E-state index in [0.29, 0.717) is 6.61 Å². The van der Waals surface area contributed by atoms with Gasteiger partial charge in [0.15, 0.2) is 0 Å². The van der Waals surface area contributed by atoms with Crippen LogP contribution in [0.5, 0.6) is 0 Å². The molecule has 0 radical (unpaired) electrons. The third-order valence-corrected chi connectivity index (χ3v) is 5.94. The van der Waals surface area contributed by atoms with Crippen molar-refractivity contribution in [3.8, 4) is 0 Å². The molecule has 1 saturated heterocycles. The van der Waals surface area contributed by atoms with Crippen molar-refractivity contribution < 1.29 is 23.7 Å². The highest BCUT2D eigenvalue weighted by atomic mass is 16.6. The fraction of sp³-hybridized carbons (Fsp3) is 0.870. The van der Waals surface area contributed by atoms with Crippen LogP contribution in [0.25, 0.3) is 0 Å². The van der Waals surface area contributed by atoms with Gasteiger partial charge in [-0.2, -0.15) is 0 Å². The minimum absolute atomic E-state index is 0.0186. The van der Waals surface area contributed by atoms with E-state index in [1.54, 1.807) is 7.11 Å². The Balaban J connectivity index is 2.11. The van der Waals surface area contributed by atoms with Crippen LogP contribution in [0, 0.1) is 5.92 Å². The monoisotopic (exact) mass is 411 g/mol. The lowest BCUT2D eigenvalue weighted by Gasteiger charge is -2.43. The quantitative estimate of drug-likeness (QED) is 0.355. The van der Waals surface area contributed by atoms with E-state index in [9.17, 15) is 4.79 Å². The summed E-state index contributed by atoms with van der Waals surface area (Å²) in [4.78, 5) is 12.4. The van der Waals surface area contributed by atoms with Gasteiger partial charge in [-0.05, 0) is 67.7 Å². The molecule has 6 nitrogen and oxygen atoms in total. The Kier molecular flexibility index (Phi) is 8.31. The summed E-state index contributed by atoms with van der Waals surface area (Å²) in [5, 5.41) is 3.19. The number of hydrogen-bond acceptors (Lipinski definition) is 6. The highest BCUT2D eigenvalue weighted by Gasteiger charge is 2.63. The zero-order valence-electron chi connectivity index (χ0n) is 19.5. The summed E-state index contributed by atoms with van der Waals surface area (Å²) in [5.74, 6) is -0.228. The Morgan fingerprint density at radius 3 is 2.45 bits per heavy atom. The summed E-state index contributed by atoms with van der Waals surface area (Å²) >= 11 is 0. The molecule has 1 N–H and O–H groups in total. The molecule has 0 aromatic carbocycles. The molecule has 0 spiro atoms. The number of ether oxygens (including phenoxy) is 4. The van der Waals surface area contributed by atoms with Crippen LogP contribution >= 0.6 is 0 Å². The zero-order valence-corrected chi connectivity index (χ0v) is 19.5. The molecule has 1 heterocycles. The molecule has 2 aliphatic rings. The van der Waals surface area contributed by atoms with Crippen molar-refractivity contribution in [1.29, 1.82) is 0 Å². The Morgan fingerprint density at radius 1 is 1.24 bits per heavy atom. The molecule has 1 saturated carbocycles. The molecule has 168 valence electrons. The van der Waals surface area contributed by atoms with Crippen LogP contribution in [0.4, 0.5) is 0 Å². The maximum absolute atomic E-state index is 12.4. The summed E-state index contributed by atoms with van der Waals surface area (Å²) in [6.45, 7) is 15.3. The van der Waals surface area contributed by atoms with Gasteiger partial charge < -0.3 is 24.3 Å². The van der Waals surface area contributed by atoms with E-state index in [-0.39, 0.29) is 54.0 Å². The predicted octanol–water partition coefficient (Wildman–Crippen LogP) is 3.63. The lowest BCUT2D eigenvalue weighted by atomic mass is 9.73. The van der Waals surface area contributed by atoms with Crippen LogP contribution in [0.1, 0.15) is 67.7 Å². The van der Waals surface area contributed by atoms with Gasteiger partial charge in [-0.15, -0.1) is 0 Å². The van der Waals surface area contributed by atoms with Crippen LogP contribution in [0.2, 0.25) is 0 Å². The number of hydrogen-bond donors (Lipinski definition) is 1. The molecule has 0 amide bonds. The molecule has 0 aromatic heterocycles. The summed E-state index contributed by atoms with van der Waals surface area (Å²) < 4.78 is 24.0. The van der Waals surface area contributed by atoms with Gasteiger partial charge in [-0.3, -0.25) is 4.79 Å². The third-order valence-electron chi connectivity index (χ3n) is 5.94. The van der Waals surface area contributed by atoms with Gasteiger partial charge in [0, 0.05) is 25.2 Å². The molecular weight excluding hydrogens is 370 g/mol. The van der Waals surface area contributed by atoms with Crippen molar-refractivity contribution in [2.24, 2.45) is 5.92 Å². The van der Waals surface area contributed by atoms with Gasteiger partial charge in [-0.1, -0.05) is 11.6 Å².